The molecule has 0 radical (unpaired) electrons. The second-order valence-electron chi connectivity index (χ2n) is 3.50. The molecule has 1 rings (SSSR count). The normalized spacial score (nSPS) is 10.1. The van der Waals surface area contributed by atoms with Crippen molar-refractivity contribution in [3.63, 3.8) is 0 Å². The lowest BCUT2D eigenvalue weighted by Gasteiger charge is -2.01. The summed E-state index contributed by atoms with van der Waals surface area (Å²) in [6, 6.07) is 1.60. The second kappa shape index (κ2) is 6.22. The number of nitrogens with one attached hydrogen (secondary N) is 1. The number of hydrogen-bond donors (Lipinski definition) is 2. The van der Waals surface area contributed by atoms with Crippen molar-refractivity contribution in [1.29, 1.82) is 0 Å². The summed E-state index contributed by atoms with van der Waals surface area (Å²) in [5.41, 5.74) is 5.66. The maximum absolute atomic E-state index is 11.5. The summed E-state index contributed by atoms with van der Waals surface area (Å²) < 4.78 is 4.80. The highest BCUT2D eigenvalue weighted by Gasteiger charge is 2.09. The monoisotopic (exact) mass is 241 g/mol. The minimum Gasteiger partial charge on any atom is -0.393 e. The van der Waals surface area contributed by atoms with Crippen LogP contribution in [0.4, 0.5) is 0 Å². The second-order valence-corrected chi connectivity index (χ2v) is 4.03. The van der Waals surface area contributed by atoms with Crippen molar-refractivity contribution in [2.75, 3.05) is 6.54 Å². The van der Waals surface area contributed by atoms with Crippen LogP contribution in [0.1, 0.15) is 35.5 Å². The SMILES string of the molecule is Cc1cc(C(=O)NCCCCC(N)=S)no1. The predicted molar refractivity (Wildman–Crippen MR) is 64.2 cm³/mol. The Kier molecular flexibility index (Phi) is 4.91. The van der Waals surface area contributed by atoms with Gasteiger partial charge in [0.2, 0.25) is 0 Å². The molecule has 1 aromatic heterocycles. The fourth-order valence-corrected chi connectivity index (χ4v) is 1.33. The molecule has 0 atom stereocenters. The molecule has 0 aliphatic heterocycles. The molecular formula is C10H15N3O2S. The minimum atomic E-state index is -0.216. The summed E-state index contributed by atoms with van der Waals surface area (Å²) in [5, 5.41) is 6.36. The van der Waals surface area contributed by atoms with E-state index in [1.54, 1.807) is 13.0 Å². The number of amides is 1. The van der Waals surface area contributed by atoms with Crippen molar-refractivity contribution in [2.45, 2.75) is 26.2 Å². The van der Waals surface area contributed by atoms with Gasteiger partial charge in [-0.3, -0.25) is 4.79 Å². The molecular weight excluding hydrogens is 226 g/mol. The number of nitrogens with two attached hydrogens (primary N) is 1. The van der Waals surface area contributed by atoms with Gasteiger partial charge in [-0.1, -0.05) is 17.4 Å². The molecule has 0 spiro atoms. The number of carbonyl (C=O) groups is 1. The van der Waals surface area contributed by atoms with Crippen LogP contribution in [0, 0.1) is 6.92 Å². The first-order valence-electron chi connectivity index (χ1n) is 5.09. The van der Waals surface area contributed by atoms with Crippen LogP contribution in [0.3, 0.4) is 0 Å². The van der Waals surface area contributed by atoms with E-state index in [-0.39, 0.29) is 5.91 Å². The van der Waals surface area contributed by atoms with Crippen LogP contribution in [0.25, 0.3) is 0 Å². The zero-order chi connectivity index (χ0) is 12.0. The van der Waals surface area contributed by atoms with Crippen LogP contribution in [0.15, 0.2) is 10.6 Å². The highest BCUT2D eigenvalue weighted by molar-refractivity contribution is 7.80. The van der Waals surface area contributed by atoms with E-state index in [1.165, 1.54) is 0 Å². The number of rotatable bonds is 6. The van der Waals surface area contributed by atoms with Crippen molar-refractivity contribution in [2.24, 2.45) is 5.73 Å². The first-order chi connectivity index (χ1) is 7.59. The van der Waals surface area contributed by atoms with Crippen LogP contribution in [0.2, 0.25) is 0 Å². The Morgan fingerprint density at radius 2 is 2.38 bits per heavy atom. The van der Waals surface area contributed by atoms with Crippen LogP contribution >= 0.6 is 12.2 Å². The van der Waals surface area contributed by atoms with Gasteiger partial charge in [-0.05, 0) is 26.2 Å². The first kappa shape index (κ1) is 12.6. The smallest absolute Gasteiger partial charge is 0.273 e. The molecule has 3 N–H and O–H groups in total. The Morgan fingerprint density at radius 3 is 2.94 bits per heavy atom. The minimum absolute atomic E-state index is 0.216. The molecule has 88 valence electrons. The van der Waals surface area contributed by atoms with Gasteiger partial charge in [-0.15, -0.1) is 0 Å². The van der Waals surface area contributed by atoms with Crippen molar-refractivity contribution in [3.8, 4) is 0 Å². The summed E-state index contributed by atoms with van der Waals surface area (Å²) in [7, 11) is 0. The number of nitrogens with zero attached hydrogens (tertiary/aromatic N) is 1. The number of hydrogen-bond acceptors (Lipinski definition) is 4. The molecule has 0 bridgehead atoms. The Balaban J connectivity index is 2.18. The average molecular weight is 241 g/mol. The predicted octanol–water partition coefficient (Wildman–Crippen LogP) is 1.17. The maximum Gasteiger partial charge on any atom is 0.273 e. The quantitative estimate of drug-likeness (QED) is 0.577. The van der Waals surface area contributed by atoms with Gasteiger partial charge in [0.05, 0.1) is 4.99 Å². The van der Waals surface area contributed by atoms with E-state index in [2.05, 4.69) is 10.5 Å². The van der Waals surface area contributed by atoms with E-state index < -0.39 is 0 Å². The van der Waals surface area contributed by atoms with Crippen molar-refractivity contribution in [1.82, 2.24) is 10.5 Å². The lowest BCUT2D eigenvalue weighted by Crippen LogP contribution is -2.24. The Hall–Kier alpha value is -1.43. The molecule has 0 aliphatic carbocycles. The van der Waals surface area contributed by atoms with Gasteiger partial charge in [-0.2, -0.15) is 0 Å². The molecule has 0 saturated carbocycles. The van der Waals surface area contributed by atoms with E-state index >= 15 is 0 Å². The number of aromatic nitrogens is 1. The highest BCUT2D eigenvalue weighted by atomic mass is 32.1. The first-order valence-corrected chi connectivity index (χ1v) is 5.50. The fraction of sp³-hybridized carbons (Fsp3) is 0.500. The number of aryl methyl sites for hydroxylation is 1. The standard InChI is InChI=1S/C10H15N3O2S/c1-7-6-8(13-15-7)10(14)12-5-3-2-4-9(11)16/h6H,2-5H2,1H3,(H2,11,16)(H,12,14). The zero-order valence-corrected chi connectivity index (χ0v) is 9.97. The van der Waals surface area contributed by atoms with Crippen molar-refractivity contribution < 1.29 is 9.32 Å². The third-order valence-corrected chi connectivity index (χ3v) is 2.20. The molecule has 5 nitrogen and oxygen atoms in total. The summed E-state index contributed by atoms with van der Waals surface area (Å²) in [5.74, 6) is 0.408. The lowest BCUT2D eigenvalue weighted by atomic mass is 10.2. The van der Waals surface area contributed by atoms with E-state index in [0.717, 1.165) is 12.8 Å². The maximum atomic E-state index is 11.5. The highest BCUT2D eigenvalue weighted by Crippen LogP contribution is 2.01. The molecule has 1 amide bonds. The number of unbranched alkanes of at least 4 members (excludes halogenated alkanes) is 1. The molecule has 16 heavy (non-hydrogen) atoms. The number of thiocarbonyl (C=S) groups is 1. The average Bonchev–Trinajstić information content (AvgIpc) is 2.63. The Labute approximate surface area is 99.4 Å². The summed E-state index contributed by atoms with van der Waals surface area (Å²) in [6.07, 6.45) is 2.45. The topological polar surface area (TPSA) is 81.2 Å². The van der Waals surface area contributed by atoms with Crippen LogP contribution in [0.5, 0.6) is 0 Å². The van der Waals surface area contributed by atoms with Gasteiger partial charge in [0, 0.05) is 12.6 Å². The van der Waals surface area contributed by atoms with E-state index in [0.29, 0.717) is 29.4 Å². The van der Waals surface area contributed by atoms with Gasteiger partial charge in [-0.25, -0.2) is 0 Å². The van der Waals surface area contributed by atoms with Gasteiger partial charge >= 0.3 is 0 Å². The van der Waals surface area contributed by atoms with E-state index in [4.69, 9.17) is 22.5 Å². The van der Waals surface area contributed by atoms with Gasteiger partial charge < -0.3 is 15.6 Å². The Bertz CT molecular complexity index is 376. The van der Waals surface area contributed by atoms with Gasteiger partial charge in [0.1, 0.15) is 5.76 Å². The van der Waals surface area contributed by atoms with Crippen LogP contribution in [-0.2, 0) is 0 Å². The van der Waals surface area contributed by atoms with Crippen LogP contribution < -0.4 is 11.1 Å². The van der Waals surface area contributed by atoms with E-state index in [9.17, 15) is 4.79 Å². The van der Waals surface area contributed by atoms with E-state index in [1.807, 2.05) is 0 Å². The Morgan fingerprint density at radius 1 is 1.62 bits per heavy atom. The van der Waals surface area contributed by atoms with Crippen molar-refractivity contribution in [3.05, 3.63) is 17.5 Å². The molecule has 0 unspecified atom stereocenters. The van der Waals surface area contributed by atoms with Gasteiger partial charge in [0.25, 0.3) is 5.91 Å². The third kappa shape index (κ3) is 4.39. The summed E-state index contributed by atoms with van der Waals surface area (Å²) in [6.45, 7) is 2.33. The molecule has 0 aromatic carbocycles. The molecule has 1 heterocycles. The largest absolute Gasteiger partial charge is 0.393 e. The third-order valence-electron chi connectivity index (χ3n) is 2.00. The molecule has 0 fully saturated rings. The molecule has 1 aromatic rings. The number of carbonyl (C=O) groups excluding carboxylic acids is 1. The fourth-order valence-electron chi connectivity index (χ4n) is 1.19. The molecule has 0 saturated heterocycles. The molecule has 6 heteroatoms. The van der Waals surface area contributed by atoms with Crippen LogP contribution in [-0.4, -0.2) is 22.6 Å². The van der Waals surface area contributed by atoms with Crippen molar-refractivity contribution >= 4 is 23.1 Å². The summed E-state index contributed by atoms with van der Waals surface area (Å²) in [4.78, 5) is 12.0. The lowest BCUT2D eigenvalue weighted by molar-refractivity contribution is 0.0944. The summed E-state index contributed by atoms with van der Waals surface area (Å²) >= 11 is 4.74. The van der Waals surface area contributed by atoms with Gasteiger partial charge in [0.15, 0.2) is 5.69 Å². The molecule has 0 aliphatic rings. The zero-order valence-electron chi connectivity index (χ0n) is 9.16.